The maximum atomic E-state index is 12.6. The molecule has 0 saturated carbocycles. The minimum absolute atomic E-state index is 0.392. The molecule has 0 aliphatic heterocycles. The zero-order valence-electron chi connectivity index (χ0n) is 10.6. The van der Waals surface area contributed by atoms with Crippen molar-refractivity contribution in [3.8, 4) is 0 Å². The van der Waals surface area contributed by atoms with Gasteiger partial charge in [-0.1, -0.05) is 6.92 Å². The molecule has 1 rings (SSSR count). The van der Waals surface area contributed by atoms with Gasteiger partial charge < -0.3 is 4.74 Å². The van der Waals surface area contributed by atoms with E-state index in [1.54, 1.807) is 0 Å². The average molecular weight is 314 g/mol. The zero-order valence-corrected chi connectivity index (χ0v) is 11.5. The molecular formula is C10H13F3N2O4S. The van der Waals surface area contributed by atoms with Crippen LogP contribution in [0, 0.1) is 0 Å². The Balaban J connectivity index is 3.12. The van der Waals surface area contributed by atoms with E-state index in [-0.39, 0.29) is 0 Å². The summed E-state index contributed by atoms with van der Waals surface area (Å²) in [4.78, 5) is 11.3. The quantitative estimate of drug-likeness (QED) is 0.831. The molecule has 1 aromatic rings. The summed E-state index contributed by atoms with van der Waals surface area (Å²) in [7, 11) is -3.52. The normalized spacial score (nSPS) is 14.1. The average Bonchev–Trinajstić information content (AvgIpc) is 2.83. The predicted octanol–water partition coefficient (Wildman–Crippen LogP) is 1.30. The lowest BCUT2D eigenvalue weighted by Crippen LogP contribution is -2.47. The molecule has 114 valence electrons. The van der Waals surface area contributed by atoms with E-state index in [1.807, 2.05) is 0 Å². The van der Waals surface area contributed by atoms with Gasteiger partial charge in [0.1, 0.15) is 11.7 Å². The first kappa shape index (κ1) is 16.5. The SMILES string of the molecule is CC[C@H](NS(=O)(=O)n1cccc1C(=O)OC)C(F)(F)F. The van der Waals surface area contributed by atoms with Gasteiger partial charge in [-0.3, -0.25) is 0 Å². The van der Waals surface area contributed by atoms with E-state index in [9.17, 15) is 26.4 Å². The van der Waals surface area contributed by atoms with Crippen LogP contribution in [-0.4, -0.2) is 37.7 Å². The third kappa shape index (κ3) is 3.51. The molecule has 1 aromatic heterocycles. The molecule has 1 N–H and O–H groups in total. The summed E-state index contributed by atoms with van der Waals surface area (Å²) in [5.74, 6) is -0.972. The number of hydrogen-bond acceptors (Lipinski definition) is 4. The highest BCUT2D eigenvalue weighted by atomic mass is 32.2. The summed E-state index contributed by atoms with van der Waals surface area (Å²) < 4.78 is 67.8. The van der Waals surface area contributed by atoms with E-state index in [0.29, 0.717) is 3.97 Å². The Morgan fingerprint density at radius 2 is 2.10 bits per heavy atom. The van der Waals surface area contributed by atoms with Gasteiger partial charge in [-0.2, -0.15) is 26.3 Å². The minimum atomic E-state index is -4.72. The van der Waals surface area contributed by atoms with Crippen LogP contribution >= 0.6 is 0 Å². The molecule has 0 radical (unpaired) electrons. The first-order valence-corrected chi connectivity index (χ1v) is 6.92. The zero-order chi connectivity index (χ0) is 15.6. The van der Waals surface area contributed by atoms with Crippen molar-refractivity contribution in [3.63, 3.8) is 0 Å². The van der Waals surface area contributed by atoms with Gasteiger partial charge in [0, 0.05) is 6.20 Å². The van der Waals surface area contributed by atoms with Crippen LogP contribution in [0.1, 0.15) is 23.8 Å². The van der Waals surface area contributed by atoms with Gasteiger partial charge in [-0.15, -0.1) is 0 Å². The summed E-state index contributed by atoms with van der Waals surface area (Å²) in [6, 6.07) is 0.0972. The molecule has 6 nitrogen and oxygen atoms in total. The fraction of sp³-hybridized carbons (Fsp3) is 0.500. The Morgan fingerprint density at radius 1 is 1.50 bits per heavy atom. The second-order valence-corrected chi connectivity index (χ2v) is 5.39. The number of hydrogen-bond donors (Lipinski definition) is 1. The fourth-order valence-electron chi connectivity index (χ4n) is 1.46. The lowest BCUT2D eigenvalue weighted by molar-refractivity contribution is -0.151. The van der Waals surface area contributed by atoms with Gasteiger partial charge in [0.25, 0.3) is 0 Å². The Morgan fingerprint density at radius 3 is 2.55 bits per heavy atom. The highest BCUT2D eigenvalue weighted by Gasteiger charge is 2.41. The molecule has 0 amide bonds. The van der Waals surface area contributed by atoms with Gasteiger partial charge in [-0.25, -0.2) is 8.77 Å². The molecule has 0 fully saturated rings. The lowest BCUT2D eigenvalue weighted by Gasteiger charge is -2.20. The van der Waals surface area contributed by atoms with Crippen molar-refractivity contribution in [2.24, 2.45) is 0 Å². The van der Waals surface area contributed by atoms with Gasteiger partial charge in [0.15, 0.2) is 0 Å². The van der Waals surface area contributed by atoms with Gasteiger partial charge in [0.2, 0.25) is 0 Å². The van der Waals surface area contributed by atoms with E-state index in [4.69, 9.17) is 0 Å². The van der Waals surface area contributed by atoms with Crippen LogP contribution in [0.15, 0.2) is 18.3 Å². The molecule has 0 aliphatic rings. The number of halogens is 3. The number of rotatable bonds is 5. The van der Waals surface area contributed by atoms with E-state index in [1.165, 1.54) is 17.7 Å². The van der Waals surface area contributed by atoms with E-state index in [0.717, 1.165) is 19.4 Å². The largest absolute Gasteiger partial charge is 0.464 e. The number of nitrogens with zero attached hydrogens (tertiary/aromatic N) is 1. The van der Waals surface area contributed by atoms with E-state index in [2.05, 4.69) is 4.74 Å². The Hall–Kier alpha value is -1.55. The predicted molar refractivity (Wildman–Crippen MR) is 63.4 cm³/mol. The number of carbonyl (C=O) groups excluding carboxylic acids is 1. The number of alkyl halides is 3. The van der Waals surface area contributed by atoms with Crippen molar-refractivity contribution < 1.29 is 31.1 Å². The van der Waals surface area contributed by atoms with Crippen LogP contribution in [0.5, 0.6) is 0 Å². The van der Waals surface area contributed by atoms with Crippen molar-refractivity contribution in [2.45, 2.75) is 25.6 Å². The molecule has 0 aliphatic carbocycles. The minimum Gasteiger partial charge on any atom is -0.464 e. The maximum Gasteiger partial charge on any atom is 0.404 e. The maximum absolute atomic E-state index is 12.6. The van der Waals surface area contributed by atoms with Crippen LogP contribution in [0.2, 0.25) is 0 Å². The standard InChI is InChI=1S/C10H13F3N2O4S/c1-3-8(10(11,12)13)14-20(17,18)15-6-4-5-7(15)9(16)19-2/h4-6,8,14H,3H2,1-2H3/t8-/m0/s1. The molecule has 20 heavy (non-hydrogen) atoms. The molecule has 0 aromatic carbocycles. The number of esters is 1. The van der Waals surface area contributed by atoms with Crippen molar-refractivity contribution in [3.05, 3.63) is 24.0 Å². The first-order chi connectivity index (χ1) is 9.13. The molecule has 1 atom stereocenters. The summed E-state index contributed by atoms with van der Waals surface area (Å²) >= 11 is 0. The van der Waals surface area contributed by atoms with Gasteiger partial charge in [0.05, 0.1) is 7.11 Å². The second kappa shape index (κ2) is 5.83. The molecule has 0 spiro atoms. The van der Waals surface area contributed by atoms with E-state index < -0.39 is 40.5 Å². The first-order valence-electron chi connectivity index (χ1n) is 5.48. The third-order valence-corrected chi connectivity index (χ3v) is 3.88. The van der Waals surface area contributed by atoms with Crippen molar-refractivity contribution in [1.29, 1.82) is 0 Å². The highest BCUT2D eigenvalue weighted by molar-refractivity contribution is 7.88. The Kier molecular flexibility index (Phi) is 4.81. The number of methoxy groups -OCH3 is 1. The number of carbonyl (C=O) groups is 1. The van der Waals surface area contributed by atoms with Crippen LogP contribution in [0.4, 0.5) is 13.2 Å². The molecule has 0 bridgehead atoms. The molecule has 0 saturated heterocycles. The molecular weight excluding hydrogens is 301 g/mol. The third-order valence-electron chi connectivity index (χ3n) is 2.46. The molecule has 0 unspecified atom stereocenters. The van der Waals surface area contributed by atoms with Crippen LogP contribution in [0.25, 0.3) is 0 Å². The van der Waals surface area contributed by atoms with Crippen molar-refractivity contribution in [1.82, 2.24) is 8.69 Å². The number of ether oxygens (including phenoxy) is 1. The van der Waals surface area contributed by atoms with Crippen LogP contribution < -0.4 is 4.72 Å². The van der Waals surface area contributed by atoms with Crippen molar-refractivity contribution >= 4 is 16.2 Å². The number of aromatic nitrogens is 1. The topological polar surface area (TPSA) is 77.4 Å². The summed E-state index contributed by atoms with van der Waals surface area (Å²) in [6.45, 7) is 1.19. The highest BCUT2D eigenvalue weighted by Crippen LogP contribution is 2.23. The van der Waals surface area contributed by atoms with Crippen LogP contribution in [0.3, 0.4) is 0 Å². The fourth-order valence-corrected chi connectivity index (χ4v) is 2.85. The van der Waals surface area contributed by atoms with Gasteiger partial charge >= 0.3 is 22.4 Å². The summed E-state index contributed by atoms with van der Waals surface area (Å²) in [5.41, 5.74) is -0.392. The van der Waals surface area contributed by atoms with E-state index >= 15 is 0 Å². The second-order valence-electron chi connectivity index (χ2n) is 3.81. The molecule has 1 heterocycles. The summed E-state index contributed by atoms with van der Waals surface area (Å²) in [5, 5.41) is 0. The summed E-state index contributed by atoms with van der Waals surface area (Å²) in [6.07, 6.45) is -4.24. The Labute approximate surface area is 113 Å². The van der Waals surface area contributed by atoms with Crippen molar-refractivity contribution in [2.75, 3.05) is 7.11 Å². The molecule has 10 heteroatoms. The smallest absolute Gasteiger partial charge is 0.404 e. The lowest BCUT2D eigenvalue weighted by atomic mass is 10.2. The Bertz CT molecular complexity index is 580. The monoisotopic (exact) mass is 314 g/mol. The number of nitrogens with one attached hydrogen (secondary N) is 1. The van der Waals surface area contributed by atoms with Crippen LogP contribution in [-0.2, 0) is 14.9 Å². The van der Waals surface area contributed by atoms with Gasteiger partial charge in [-0.05, 0) is 18.6 Å².